The predicted octanol–water partition coefficient (Wildman–Crippen LogP) is 5.47. The van der Waals surface area contributed by atoms with E-state index in [0.717, 1.165) is 38.0 Å². The smallest absolute Gasteiger partial charge is 0.0757 e. The Morgan fingerprint density at radius 2 is 1.80 bits per heavy atom. The molecule has 0 heterocycles. The average Bonchev–Trinajstić information content (AvgIpc) is 2.99. The van der Waals surface area contributed by atoms with Crippen molar-refractivity contribution < 1.29 is 15.3 Å². The average molecular weight is 419 g/mol. The van der Waals surface area contributed by atoms with Gasteiger partial charge in [-0.3, -0.25) is 0 Å². The molecule has 0 aromatic rings. The Hall–Kier alpha value is -0.380. The molecule has 0 amide bonds. The Morgan fingerprint density at radius 1 is 1.07 bits per heavy atom. The van der Waals surface area contributed by atoms with Gasteiger partial charge < -0.3 is 15.3 Å². The monoisotopic (exact) mass is 418 g/mol. The minimum Gasteiger partial charge on any atom is -0.393 e. The summed E-state index contributed by atoms with van der Waals surface area (Å²) in [6.07, 6.45) is 12.6. The van der Waals surface area contributed by atoms with Gasteiger partial charge in [-0.2, -0.15) is 0 Å². The SMILES string of the molecule is C[C@H](CCCC(C)(C)O)[C@H]1CC[C@H]2C3C(CC[C@]12C)[C@@]1(C)CC[C@H](O)CC1=C[C@H]3O. The summed E-state index contributed by atoms with van der Waals surface area (Å²) in [6.45, 7) is 11.2. The fraction of sp³-hybridized carbons (Fsp3) is 0.926. The van der Waals surface area contributed by atoms with Gasteiger partial charge in [0.25, 0.3) is 0 Å². The number of aliphatic hydroxyl groups excluding tert-OH is 2. The Balaban J connectivity index is 1.52. The molecule has 9 atom stereocenters. The number of rotatable bonds is 5. The van der Waals surface area contributed by atoms with Crippen molar-refractivity contribution in [1.82, 2.24) is 0 Å². The van der Waals surface area contributed by atoms with Crippen LogP contribution in [0.25, 0.3) is 0 Å². The van der Waals surface area contributed by atoms with Gasteiger partial charge in [0.1, 0.15) is 0 Å². The standard InChI is InChI=1S/C27H46O3/c1-17(7-6-12-25(2,3)30)20-8-9-21-24-22(11-14-27(20,21)5)26(4)13-10-19(28)15-18(26)16-23(24)29/h16-17,19-24,28-30H,6-15H2,1-5H3/t17-,19+,20-,21+,22?,23-,24?,26+,27-/m1/s1. The van der Waals surface area contributed by atoms with Crippen molar-refractivity contribution in [1.29, 1.82) is 0 Å². The third-order valence-electron chi connectivity index (χ3n) is 10.3. The van der Waals surface area contributed by atoms with E-state index in [4.69, 9.17) is 0 Å². The fourth-order valence-corrected chi connectivity index (χ4v) is 8.66. The Morgan fingerprint density at radius 3 is 2.50 bits per heavy atom. The molecule has 2 unspecified atom stereocenters. The van der Waals surface area contributed by atoms with Crippen LogP contribution in [0.5, 0.6) is 0 Å². The van der Waals surface area contributed by atoms with E-state index >= 15 is 0 Å². The molecule has 3 N–H and O–H groups in total. The first-order valence-corrected chi connectivity index (χ1v) is 12.8. The van der Waals surface area contributed by atoms with Crippen molar-refractivity contribution in [2.75, 3.05) is 0 Å². The van der Waals surface area contributed by atoms with E-state index in [1.165, 1.54) is 37.7 Å². The zero-order valence-corrected chi connectivity index (χ0v) is 20.0. The molecular formula is C27H46O3. The van der Waals surface area contributed by atoms with Crippen molar-refractivity contribution in [3.63, 3.8) is 0 Å². The Bertz CT molecular complexity index is 664. The van der Waals surface area contributed by atoms with Gasteiger partial charge in [0.05, 0.1) is 17.8 Å². The molecule has 0 bridgehead atoms. The summed E-state index contributed by atoms with van der Waals surface area (Å²) in [5.41, 5.74) is 1.31. The van der Waals surface area contributed by atoms with E-state index < -0.39 is 5.60 Å². The van der Waals surface area contributed by atoms with Gasteiger partial charge in [0.15, 0.2) is 0 Å². The molecule has 30 heavy (non-hydrogen) atoms. The summed E-state index contributed by atoms with van der Waals surface area (Å²) in [4.78, 5) is 0. The molecule has 4 aliphatic rings. The second kappa shape index (κ2) is 7.89. The highest BCUT2D eigenvalue weighted by Crippen LogP contribution is 2.67. The van der Waals surface area contributed by atoms with E-state index in [2.05, 4.69) is 26.8 Å². The van der Waals surface area contributed by atoms with E-state index in [9.17, 15) is 15.3 Å². The van der Waals surface area contributed by atoms with Gasteiger partial charge in [-0.25, -0.2) is 0 Å². The van der Waals surface area contributed by atoms with Crippen LogP contribution in [-0.2, 0) is 0 Å². The van der Waals surface area contributed by atoms with Gasteiger partial charge in [0, 0.05) is 0 Å². The molecule has 3 fully saturated rings. The molecule has 3 nitrogen and oxygen atoms in total. The van der Waals surface area contributed by atoms with Crippen LogP contribution in [0.15, 0.2) is 11.6 Å². The lowest BCUT2D eigenvalue weighted by Crippen LogP contribution is -2.54. The molecule has 4 rings (SSSR count). The summed E-state index contributed by atoms with van der Waals surface area (Å²) in [6, 6.07) is 0. The van der Waals surface area contributed by atoms with E-state index in [1.807, 2.05) is 13.8 Å². The maximum absolute atomic E-state index is 11.3. The number of fused-ring (bicyclic) bond motifs is 5. The topological polar surface area (TPSA) is 60.7 Å². The van der Waals surface area contributed by atoms with E-state index in [-0.39, 0.29) is 17.6 Å². The molecule has 3 heteroatoms. The third-order valence-corrected chi connectivity index (χ3v) is 10.3. The zero-order valence-electron chi connectivity index (χ0n) is 20.0. The minimum atomic E-state index is -0.556. The van der Waals surface area contributed by atoms with Crippen LogP contribution in [-0.4, -0.2) is 33.1 Å². The van der Waals surface area contributed by atoms with Crippen molar-refractivity contribution in [3.8, 4) is 0 Å². The van der Waals surface area contributed by atoms with Gasteiger partial charge in [0.2, 0.25) is 0 Å². The molecule has 4 aliphatic carbocycles. The Labute approximate surface area is 184 Å². The van der Waals surface area contributed by atoms with Gasteiger partial charge in [-0.05, 0) is 106 Å². The fourth-order valence-electron chi connectivity index (χ4n) is 8.66. The zero-order chi connectivity index (χ0) is 21.9. The normalized spacial score (nSPS) is 47.1. The first-order valence-electron chi connectivity index (χ1n) is 12.8. The lowest BCUT2D eigenvalue weighted by molar-refractivity contribution is -0.0971. The van der Waals surface area contributed by atoms with Gasteiger partial charge in [-0.15, -0.1) is 0 Å². The van der Waals surface area contributed by atoms with Crippen molar-refractivity contribution in [3.05, 3.63) is 11.6 Å². The number of hydrogen-bond donors (Lipinski definition) is 3. The van der Waals surface area contributed by atoms with Crippen LogP contribution in [0.1, 0.15) is 98.8 Å². The van der Waals surface area contributed by atoms with Crippen molar-refractivity contribution >= 4 is 0 Å². The van der Waals surface area contributed by atoms with Crippen LogP contribution in [0.3, 0.4) is 0 Å². The molecule has 3 saturated carbocycles. The van der Waals surface area contributed by atoms with Crippen LogP contribution < -0.4 is 0 Å². The largest absolute Gasteiger partial charge is 0.393 e. The maximum Gasteiger partial charge on any atom is 0.0757 e. The quantitative estimate of drug-likeness (QED) is 0.519. The van der Waals surface area contributed by atoms with Gasteiger partial charge >= 0.3 is 0 Å². The first-order chi connectivity index (χ1) is 14.0. The molecule has 0 aromatic heterocycles. The van der Waals surface area contributed by atoms with Crippen LogP contribution >= 0.6 is 0 Å². The van der Waals surface area contributed by atoms with Crippen LogP contribution in [0, 0.1) is 40.4 Å². The highest BCUT2D eigenvalue weighted by Gasteiger charge is 2.61. The molecule has 0 radical (unpaired) electrons. The summed E-state index contributed by atoms with van der Waals surface area (Å²) >= 11 is 0. The number of aliphatic hydroxyl groups is 3. The highest BCUT2D eigenvalue weighted by molar-refractivity contribution is 5.27. The maximum atomic E-state index is 11.3. The lowest BCUT2D eigenvalue weighted by atomic mass is 9.46. The highest BCUT2D eigenvalue weighted by atomic mass is 16.3. The summed E-state index contributed by atoms with van der Waals surface area (Å²) in [7, 11) is 0. The van der Waals surface area contributed by atoms with Crippen molar-refractivity contribution in [2.24, 2.45) is 40.4 Å². The molecule has 172 valence electrons. The van der Waals surface area contributed by atoms with E-state index in [0.29, 0.717) is 29.1 Å². The van der Waals surface area contributed by atoms with Crippen LogP contribution in [0.2, 0.25) is 0 Å². The third kappa shape index (κ3) is 3.82. The minimum absolute atomic E-state index is 0.181. The molecule has 0 spiro atoms. The first kappa shape index (κ1) is 22.8. The predicted molar refractivity (Wildman–Crippen MR) is 122 cm³/mol. The molecule has 0 aliphatic heterocycles. The summed E-state index contributed by atoms with van der Waals surface area (Å²) in [5.74, 6) is 3.01. The molecule has 0 aromatic carbocycles. The lowest BCUT2D eigenvalue weighted by Gasteiger charge is -2.59. The second-order valence-electron chi connectivity index (χ2n) is 12.7. The van der Waals surface area contributed by atoms with Crippen molar-refractivity contribution in [2.45, 2.75) is 117 Å². The van der Waals surface area contributed by atoms with Gasteiger partial charge in [-0.1, -0.05) is 45.3 Å². The summed E-state index contributed by atoms with van der Waals surface area (Å²) in [5, 5.41) is 31.6. The second-order valence-corrected chi connectivity index (χ2v) is 12.7. The van der Waals surface area contributed by atoms with E-state index in [1.54, 1.807) is 0 Å². The van der Waals surface area contributed by atoms with Crippen LogP contribution in [0.4, 0.5) is 0 Å². The number of hydrogen-bond acceptors (Lipinski definition) is 3. The molecule has 0 saturated heterocycles. The Kier molecular flexibility index (Phi) is 5.99. The summed E-state index contributed by atoms with van der Waals surface area (Å²) < 4.78 is 0. The molecular weight excluding hydrogens is 372 g/mol.